The third kappa shape index (κ3) is 2.63. The van der Waals surface area contributed by atoms with E-state index in [-0.39, 0.29) is 16.0 Å². The lowest BCUT2D eigenvalue weighted by molar-refractivity contribution is 0.588. The summed E-state index contributed by atoms with van der Waals surface area (Å²) in [6, 6.07) is 8.15. The summed E-state index contributed by atoms with van der Waals surface area (Å²) in [6.45, 7) is 5.80. The molecule has 0 N–H and O–H groups in total. The molecule has 2 aromatic heterocycles. The van der Waals surface area contributed by atoms with Crippen molar-refractivity contribution in [2.45, 2.75) is 18.4 Å². The smallest absolute Gasteiger partial charge is 0.276 e. The van der Waals surface area contributed by atoms with Gasteiger partial charge in [-0.15, -0.1) is 6.58 Å². The molecule has 0 amide bonds. The Bertz CT molecular complexity index is 1090. The summed E-state index contributed by atoms with van der Waals surface area (Å²) in [5.41, 5.74) is 0.697. The van der Waals surface area contributed by atoms with Gasteiger partial charge >= 0.3 is 0 Å². The lowest BCUT2D eigenvalue weighted by atomic mass is 10.2. The second-order valence-electron chi connectivity index (χ2n) is 5.42. The van der Waals surface area contributed by atoms with E-state index in [1.54, 1.807) is 30.5 Å². The average molecular weight is 407 g/mol. The van der Waals surface area contributed by atoms with Gasteiger partial charge in [0.15, 0.2) is 0 Å². The topological polar surface area (TPSA) is 61.1 Å². The van der Waals surface area contributed by atoms with Gasteiger partial charge in [0.05, 0.1) is 4.90 Å². The van der Waals surface area contributed by atoms with Gasteiger partial charge in [0.2, 0.25) is 0 Å². The zero-order chi connectivity index (χ0) is 17.5. The Morgan fingerprint density at radius 3 is 2.50 bits per heavy atom. The van der Waals surface area contributed by atoms with Crippen molar-refractivity contribution < 1.29 is 8.42 Å². The molecule has 0 aliphatic rings. The van der Waals surface area contributed by atoms with Gasteiger partial charge in [0, 0.05) is 28.8 Å². The first kappa shape index (κ1) is 16.7. The Kier molecular flexibility index (Phi) is 4.23. The summed E-state index contributed by atoms with van der Waals surface area (Å²) in [7, 11) is -3.85. The minimum atomic E-state index is -3.85. The van der Waals surface area contributed by atoms with E-state index >= 15 is 0 Å². The second-order valence-corrected chi connectivity index (χ2v) is 8.08. The molecule has 0 radical (unpaired) electrons. The van der Waals surface area contributed by atoms with Crippen molar-refractivity contribution in [1.82, 2.24) is 8.54 Å². The molecule has 0 spiro atoms. The molecule has 3 rings (SSSR count). The lowest BCUT2D eigenvalue weighted by Crippen LogP contribution is -2.23. The van der Waals surface area contributed by atoms with Crippen molar-refractivity contribution in [2.24, 2.45) is 0 Å². The van der Waals surface area contributed by atoms with E-state index < -0.39 is 10.0 Å². The first-order valence-electron chi connectivity index (χ1n) is 7.19. The number of nitrogens with zero attached hydrogens (tertiary/aromatic N) is 2. The fourth-order valence-electron chi connectivity index (χ4n) is 2.52. The summed E-state index contributed by atoms with van der Waals surface area (Å²) in [6.07, 6.45) is 4.63. The van der Waals surface area contributed by atoms with Gasteiger partial charge in [-0.3, -0.25) is 4.79 Å². The monoisotopic (exact) mass is 406 g/mol. The Hall–Kier alpha value is -2.12. The molecule has 5 nitrogen and oxygen atoms in total. The molecule has 7 heteroatoms. The highest BCUT2D eigenvalue weighted by molar-refractivity contribution is 9.10. The Labute approximate surface area is 148 Å². The Morgan fingerprint density at radius 2 is 1.88 bits per heavy atom. The molecule has 0 unspecified atom stereocenters. The normalized spacial score (nSPS) is 11.8. The number of rotatable bonds is 4. The SMILES string of the molecule is C=CCn1cc(Br)c2ccn(S(=O)(=O)c3ccc(C)cc3)c2c1=O. The molecule has 0 aliphatic carbocycles. The molecule has 0 fully saturated rings. The van der Waals surface area contributed by atoms with Crippen molar-refractivity contribution in [2.75, 3.05) is 0 Å². The highest BCUT2D eigenvalue weighted by Crippen LogP contribution is 2.25. The van der Waals surface area contributed by atoms with Crippen molar-refractivity contribution in [3.8, 4) is 0 Å². The Balaban J connectivity index is 2.32. The van der Waals surface area contributed by atoms with Crippen molar-refractivity contribution in [1.29, 1.82) is 0 Å². The lowest BCUT2D eigenvalue weighted by Gasteiger charge is -2.10. The number of allylic oxidation sites excluding steroid dienone is 1. The van der Waals surface area contributed by atoms with E-state index in [2.05, 4.69) is 22.5 Å². The zero-order valence-corrected chi connectivity index (χ0v) is 15.3. The molecular formula is C17H15BrN2O3S. The number of aromatic nitrogens is 2. The van der Waals surface area contributed by atoms with Crippen LogP contribution in [-0.4, -0.2) is 17.0 Å². The average Bonchev–Trinajstić information content (AvgIpc) is 2.99. The largest absolute Gasteiger partial charge is 0.309 e. The summed E-state index contributed by atoms with van der Waals surface area (Å²) in [5, 5.41) is 0.552. The fourth-order valence-corrected chi connectivity index (χ4v) is 4.43. The van der Waals surface area contributed by atoms with Crippen LogP contribution in [0.25, 0.3) is 10.9 Å². The van der Waals surface area contributed by atoms with Crippen molar-refractivity contribution in [3.05, 3.63) is 75.8 Å². The predicted octanol–water partition coefficient (Wildman–Crippen LogP) is 3.30. The summed E-state index contributed by atoms with van der Waals surface area (Å²) in [4.78, 5) is 12.8. The van der Waals surface area contributed by atoms with Crippen LogP contribution in [0, 0.1) is 6.92 Å². The fraction of sp³-hybridized carbons (Fsp3) is 0.118. The number of benzene rings is 1. The predicted molar refractivity (Wildman–Crippen MR) is 97.9 cm³/mol. The van der Waals surface area contributed by atoms with Crippen LogP contribution in [0.4, 0.5) is 0 Å². The van der Waals surface area contributed by atoms with Gasteiger partial charge in [-0.1, -0.05) is 23.8 Å². The highest BCUT2D eigenvalue weighted by atomic mass is 79.9. The molecule has 124 valence electrons. The molecule has 1 aromatic carbocycles. The van der Waals surface area contributed by atoms with E-state index in [0.29, 0.717) is 16.4 Å². The minimum Gasteiger partial charge on any atom is -0.309 e. The van der Waals surface area contributed by atoms with Gasteiger partial charge < -0.3 is 4.57 Å². The minimum absolute atomic E-state index is 0.117. The zero-order valence-electron chi connectivity index (χ0n) is 12.9. The van der Waals surface area contributed by atoms with Gasteiger partial charge in [0.1, 0.15) is 5.52 Å². The van der Waals surface area contributed by atoms with E-state index in [4.69, 9.17) is 0 Å². The Morgan fingerprint density at radius 1 is 1.21 bits per heavy atom. The summed E-state index contributed by atoms with van der Waals surface area (Å²) < 4.78 is 29.0. The molecule has 2 heterocycles. The van der Waals surface area contributed by atoms with Crippen LogP contribution in [0.1, 0.15) is 5.56 Å². The molecule has 3 aromatic rings. The maximum Gasteiger partial charge on any atom is 0.276 e. The first-order chi connectivity index (χ1) is 11.4. The standard InChI is InChI=1S/C17H15BrN2O3S/c1-3-9-19-11-15(18)14-8-10-20(16(14)17(19)21)24(22,23)13-6-4-12(2)5-7-13/h3-8,10-11H,1,9H2,2H3. The number of hydrogen-bond acceptors (Lipinski definition) is 3. The van der Waals surface area contributed by atoms with Crippen LogP contribution < -0.4 is 5.56 Å². The van der Waals surface area contributed by atoms with Gasteiger partial charge in [0.25, 0.3) is 15.6 Å². The quantitative estimate of drug-likeness (QED) is 0.624. The number of pyridine rings is 1. The molecule has 0 saturated heterocycles. The third-order valence-corrected chi connectivity index (χ3v) is 6.07. The maximum atomic E-state index is 12.9. The maximum absolute atomic E-state index is 12.9. The highest BCUT2D eigenvalue weighted by Gasteiger charge is 2.22. The first-order valence-corrected chi connectivity index (χ1v) is 9.42. The van der Waals surface area contributed by atoms with Crippen LogP contribution in [0.5, 0.6) is 0 Å². The van der Waals surface area contributed by atoms with Gasteiger partial charge in [-0.05, 0) is 41.1 Å². The molecule has 0 bridgehead atoms. The van der Waals surface area contributed by atoms with Crippen molar-refractivity contribution in [3.63, 3.8) is 0 Å². The molecule has 0 saturated carbocycles. The van der Waals surface area contributed by atoms with Crippen molar-refractivity contribution >= 4 is 36.9 Å². The van der Waals surface area contributed by atoms with E-state index in [1.165, 1.54) is 22.9 Å². The molecular weight excluding hydrogens is 392 g/mol. The van der Waals surface area contributed by atoms with Crippen LogP contribution >= 0.6 is 15.9 Å². The number of hydrogen-bond donors (Lipinski definition) is 0. The number of halogens is 1. The van der Waals surface area contributed by atoms with Crippen LogP contribution in [-0.2, 0) is 16.6 Å². The molecule has 0 atom stereocenters. The van der Waals surface area contributed by atoms with Gasteiger partial charge in [-0.25, -0.2) is 12.4 Å². The van der Waals surface area contributed by atoms with E-state index in [0.717, 1.165) is 9.54 Å². The van der Waals surface area contributed by atoms with E-state index in [9.17, 15) is 13.2 Å². The summed E-state index contributed by atoms with van der Waals surface area (Å²) >= 11 is 3.40. The van der Waals surface area contributed by atoms with Gasteiger partial charge in [-0.2, -0.15) is 0 Å². The number of aryl methyl sites for hydroxylation is 1. The number of fused-ring (bicyclic) bond motifs is 1. The second kappa shape index (κ2) is 6.07. The molecule has 24 heavy (non-hydrogen) atoms. The van der Waals surface area contributed by atoms with E-state index in [1.807, 2.05) is 6.92 Å². The van der Waals surface area contributed by atoms with Crippen LogP contribution in [0.15, 0.2) is 69.5 Å². The molecule has 0 aliphatic heterocycles. The van der Waals surface area contributed by atoms with Crippen LogP contribution in [0.3, 0.4) is 0 Å². The van der Waals surface area contributed by atoms with Crippen LogP contribution in [0.2, 0.25) is 0 Å². The summed E-state index contributed by atoms with van der Waals surface area (Å²) in [5.74, 6) is 0. The third-order valence-electron chi connectivity index (χ3n) is 3.75.